The van der Waals surface area contributed by atoms with Crippen LogP contribution in [0.15, 0.2) is 48.5 Å². The molecule has 3 aromatic rings. The van der Waals surface area contributed by atoms with Crippen molar-refractivity contribution in [1.29, 1.82) is 0 Å². The van der Waals surface area contributed by atoms with E-state index in [4.69, 9.17) is 14.6 Å². The number of amides is 1. The van der Waals surface area contributed by atoms with Gasteiger partial charge in [-0.15, -0.1) is 0 Å². The summed E-state index contributed by atoms with van der Waals surface area (Å²) >= 11 is 0. The van der Waals surface area contributed by atoms with E-state index >= 15 is 0 Å². The molecule has 1 aromatic heterocycles. The Balaban J connectivity index is 0.000000795. The fraction of sp³-hybridized carbons (Fsp3) is 0.346. The largest absolute Gasteiger partial charge is 0.481 e. The zero-order chi connectivity index (χ0) is 25.4. The number of ether oxygens (including phenoxy) is 1. The van der Waals surface area contributed by atoms with E-state index in [0.717, 1.165) is 43.4 Å². The molecule has 1 amide bonds. The van der Waals surface area contributed by atoms with Crippen molar-refractivity contribution in [1.82, 2.24) is 20.0 Å². The Kier molecular flexibility index (Phi) is 8.99. The molecule has 1 heterocycles. The number of hydrogen-bond donors (Lipinski definition) is 3. The number of anilines is 1. The van der Waals surface area contributed by atoms with Crippen LogP contribution in [-0.2, 0) is 16.0 Å². The quantitative estimate of drug-likeness (QED) is 0.353. The fourth-order valence-corrected chi connectivity index (χ4v) is 3.75. The molecule has 2 aromatic carbocycles. The van der Waals surface area contributed by atoms with Crippen LogP contribution in [0.2, 0.25) is 0 Å². The first-order chi connectivity index (χ1) is 16.7. The van der Waals surface area contributed by atoms with Gasteiger partial charge in [0.05, 0.1) is 11.4 Å². The highest BCUT2D eigenvalue weighted by Gasteiger charge is 2.24. The van der Waals surface area contributed by atoms with Crippen LogP contribution in [0.3, 0.4) is 0 Å². The van der Waals surface area contributed by atoms with Crippen LogP contribution in [0.5, 0.6) is 0 Å². The summed E-state index contributed by atoms with van der Waals surface area (Å²) in [5, 5.41) is 17.9. The molecule has 3 N–H and O–H groups in total. The smallest absolute Gasteiger partial charge is 0.411 e. The predicted octanol–water partition coefficient (Wildman–Crippen LogP) is 3.78. The minimum absolute atomic E-state index is 0.355. The van der Waals surface area contributed by atoms with Crippen molar-refractivity contribution in [3.05, 3.63) is 59.7 Å². The number of carbonyl (C=O) groups excluding carboxylic acids is 1. The zero-order valence-electron chi connectivity index (χ0n) is 20.7. The average Bonchev–Trinajstić information content (AvgIpc) is 3.37. The molecule has 1 aliphatic carbocycles. The highest BCUT2D eigenvalue weighted by molar-refractivity contribution is 5.86. The maximum atomic E-state index is 12.1. The van der Waals surface area contributed by atoms with Crippen LogP contribution in [0.4, 0.5) is 10.5 Å². The van der Waals surface area contributed by atoms with E-state index in [1.807, 2.05) is 45.4 Å². The third kappa shape index (κ3) is 7.40. The van der Waals surface area contributed by atoms with E-state index in [1.165, 1.54) is 16.7 Å². The molecule has 1 aliphatic rings. The number of hydrogen-bond acceptors (Lipinski definition) is 6. The van der Waals surface area contributed by atoms with E-state index in [-0.39, 0.29) is 0 Å². The Hall–Kier alpha value is -3.69. The van der Waals surface area contributed by atoms with Crippen molar-refractivity contribution < 1.29 is 19.4 Å². The number of H-pyrrole nitrogens is 1. The molecule has 0 atom stereocenters. The van der Waals surface area contributed by atoms with Gasteiger partial charge in [-0.05, 0) is 38.8 Å². The average molecular weight is 480 g/mol. The lowest BCUT2D eigenvalue weighted by molar-refractivity contribution is -0.134. The summed E-state index contributed by atoms with van der Waals surface area (Å²) in [6, 6.07) is 16.1. The molecular weight excluding hydrogens is 446 g/mol. The first-order valence-electron chi connectivity index (χ1n) is 11.5. The third-order valence-corrected chi connectivity index (χ3v) is 5.56. The molecule has 0 unspecified atom stereocenters. The summed E-state index contributed by atoms with van der Waals surface area (Å²) in [5.74, 6) is -0.833. The van der Waals surface area contributed by atoms with Gasteiger partial charge in [0.1, 0.15) is 6.61 Å². The third-order valence-electron chi connectivity index (χ3n) is 5.56. The molecule has 9 nitrogen and oxygen atoms in total. The van der Waals surface area contributed by atoms with Gasteiger partial charge in [-0.1, -0.05) is 36.4 Å². The van der Waals surface area contributed by atoms with E-state index < -0.39 is 12.1 Å². The number of nitrogens with zero attached hydrogens (tertiary/aromatic N) is 3. The molecule has 0 radical (unpaired) electrons. The predicted molar refractivity (Wildman–Crippen MR) is 137 cm³/mol. The first-order valence-corrected chi connectivity index (χ1v) is 11.5. The Morgan fingerprint density at radius 2 is 1.74 bits per heavy atom. The van der Waals surface area contributed by atoms with Crippen molar-refractivity contribution >= 4 is 17.7 Å². The van der Waals surface area contributed by atoms with Gasteiger partial charge in [-0.2, -0.15) is 5.10 Å². The SMILES string of the molecule is CC(=O)O.CN(C)CCN(C)CCOC(=O)Nc1ccc(-c2n[nH]c3c2Cc2ccccc2-3)cc1. The number of aromatic nitrogens is 2. The summed E-state index contributed by atoms with van der Waals surface area (Å²) < 4.78 is 5.30. The molecule has 0 bridgehead atoms. The number of aliphatic carboxylic acids is 1. The topological polar surface area (TPSA) is 111 Å². The van der Waals surface area contributed by atoms with Gasteiger partial charge in [0.2, 0.25) is 0 Å². The molecule has 0 saturated heterocycles. The molecule has 4 rings (SSSR count). The lowest BCUT2D eigenvalue weighted by atomic mass is 10.1. The van der Waals surface area contributed by atoms with E-state index in [1.54, 1.807) is 0 Å². The van der Waals surface area contributed by atoms with Crippen LogP contribution in [-0.4, -0.2) is 84.6 Å². The minimum Gasteiger partial charge on any atom is -0.481 e. The second-order valence-corrected chi connectivity index (χ2v) is 8.72. The van der Waals surface area contributed by atoms with E-state index in [2.05, 4.69) is 49.6 Å². The minimum atomic E-state index is -0.833. The lowest BCUT2D eigenvalue weighted by Gasteiger charge is -2.19. The summed E-state index contributed by atoms with van der Waals surface area (Å²) in [7, 11) is 6.11. The second-order valence-electron chi connectivity index (χ2n) is 8.72. The molecule has 186 valence electrons. The molecule has 9 heteroatoms. The maximum Gasteiger partial charge on any atom is 0.411 e. The number of carboxylic acids is 1. The van der Waals surface area contributed by atoms with Crippen LogP contribution in [0.25, 0.3) is 22.5 Å². The summed E-state index contributed by atoms with van der Waals surface area (Å²) in [5.41, 5.74) is 7.55. The van der Waals surface area contributed by atoms with Crippen LogP contribution >= 0.6 is 0 Å². The number of likely N-dealkylation sites (N-methyl/N-ethyl adjacent to an activating group) is 2. The van der Waals surface area contributed by atoms with Gasteiger partial charge in [-0.25, -0.2) is 4.79 Å². The maximum absolute atomic E-state index is 12.1. The van der Waals surface area contributed by atoms with Crippen molar-refractivity contribution in [2.24, 2.45) is 0 Å². The second kappa shape index (κ2) is 12.1. The van der Waals surface area contributed by atoms with Gasteiger partial charge >= 0.3 is 6.09 Å². The van der Waals surface area contributed by atoms with E-state index in [9.17, 15) is 4.79 Å². The number of carboxylic acid groups (broad SMARTS) is 1. The molecule has 0 saturated carbocycles. The van der Waals surface area contributed by atoms with Crippen LogP contribution in [0.1, 0.15) is 18.1 Å². The normalized spacial score (nSPS) is 11.5. The summed E-state index contributed by atoms with van der Waals surface area (Å²) in [4.78, 5) is 25.3. The Bertz CT molecular complexity index is 1140. The van der Waals surface area contributed by atoms with Crippen LogP contribution in [0, 0.1) is 0 Å². The zero-order valence-corrected chi connectivity index (χ0v) is 20.7. The van der Waals surface area contributed by atoms with Gasteiger partial charge in [-0.3, -0.25) is 15.2 Å². The lowest BCUT2D eigenvalue weighted by Crippen LogP contribution is -2.31. The highest BCUT2D eigenvalue weighted by atomic mass is 16.5. The van der Waals surface area contributed by atoms with Gasteiger partial charge in [0, 0.05) is 55.4 Å². The molecule has 0 spiro atoms. The number of benzene rings is 2. The Labute approximate surface area is 205 Å². The van der Waals surface area contributed by atoms with Crippen molar-refractivity contribution in [3.63, 3.8) is 0 Å². The Morgan fingerprint density at radius 1 is 1.06 bits per heavy atom. The summed E-state index contributed by atoms with van der Waals surface area (Å²) in [6.07, 6.45) is 0.442. The number of carbonyl (C=O) groups is 2. The van der Waals surface area contributed by atoms with Crippen molar-refractivity contribution in [2.45, 2.75) is 13.3 Å². The molecule has 0 aliphatic heterocycles. The van der Waals surface area contributed by atoms with Crippen molar-refractivity contribution in [3.8, 4) is 22.5 Å². The van der Waals surface area contributed by atoms with Crippen molar-refractivity contribution in [2.75, 3.05) is 52.7 Å². The number of rotatable bonds is 8. The fourth-order valence-electron chi connectivity index (χ4n) is 3.75. The van der Waals surface area contributed by atoms with Gasteiger partial charge < -0.3 is 19.6 Å². The number of nitrogens with one attached hydrogen (secondary N) is 2. The Morgan fingerprint density at radius 3 is 2.43 bits per heavy atom. The number of aromatic amines is 1. The van der Waals surface area contributed by atoms with Crippen LogP contribution < -0.4 is 5.32 Å². The van der Waals surface area contributed by atoms with Gasteiger partial charge in [0.15, 0.2) is 0 Å². The highest BCUT2D eigenvalue weighted by Crippen LogP contribution is 2.39. The first kappa shape index (κ1) is 25.9. The standard InChI is InChI=1S/C24H29N5O2.C2H4O2/c1-28(2)12-13-29(3)14-15-31-24(30)25-19-10-8-17(9-11-19)22-21-16-18-6-4-5-7-20(18)23(21)27-26-22;1-2(3)4/h4-11H,12-16H2,1-3H3,(H,25,30)(H,26,27);1H3,(H,3,4). The number of fused-ring (bicyclic) bond motifs is 3. The molecule has 0 fully saturated rings. The summed E-state index contributed by atoms with van der Waals surface area (Å²) in [6.45, 7) is 4.04. The molecule has 35 heavy (non-hydrogen) atoms. The monoisotopic (exact) mass is 479 g/mol. The van der Waals surface area contributed by atoms with E-state index in [0.29, 0.717) is 18.8 Å². The van der Waals surface area contributed by atoms with Gasteiger partial charge in [0.25, 0.3) is 5.97 Å². The molecular formula is C26H33N5O4.